The first-order chi connectivity index (χ1) is 8.49. The largest absolute Gasteiger partial charge is 0.480 e. The minimum absolute atomic E-state index is 0.102. The molecule has 6 heteroatoms. The lowest BCUT2D eigenvalue weighted by Gasteiger charge is -2.33. The molecule has 1 fully saturated rings. The molecule has 0 amide bonds. The van der Waals surface area contributed by atoms with E-state index in [1.165, 1.54) is 0 Å². The highest BCUT2D eigenvalue weighted by atomic mass is 79.9. The maximum absolute atomic E-state index is 12.0. The van der Waals surface area contributed by atoms with Gasteiger partial charge in [0.05, 0.1) is 5.25 Å². The van der Waals surface area contributed by atoms with E-state index >= 15 is 0 Å². The molecule has 1 aliphatic rings. The second kappa shape index (κ2) is 5.50. The lowest BCUT2D eigenvalue weighted by atomic mass is 10.0. The van der Waals surface area contributed by atoms with Crippen molar-refractivity contribution in [2.45, 2.75) is 24.3 Å². The standard InChI is InChI=1S/C12H14BrNO3S/c1-7-11(8-3-2-4-9(13)5-8)14-10(12(15)16)6-18(7)17/h2-5,7,10-11,14H,6H2,1H3,(H,15,16). The SMILES string of the molecule is CC1C(c2cccc(Br)c2)NC(C(=O)O)CS1=O. The van der Waals surface area contributed by atoms with Gasteiger partial charge in [-0.1, -0.05) is 28.1 Å². The summed E-state index contributed by atoms with van der Waals surface area (Å²) in [4.78, 5) is 11.0. The highest BCUT2D eigenvalue weighted by Crippen LogP contribution is 2.27. The van der Waals surface area contributed by atoms with Crippen LogP contribution in [0.25, 0.3) is 0 Å². The highest BCUT2D eigenvalue weighted by Gasteiger charge is 2.36. The van der Waals surface area contributed by atoms with Gasteiger partial charge in [0.25, 0.3) is 0 Å². The van der Waals surface area contributed by atoms with E-state index in [0.717, 1.165) is 10.0 Å². The maximum Gasteiger partial charge on any atom is 0.321 e. The third kappa shape index (κ3) is 2.81. The lowest BCUT2D eigenvalue weighted by molar-refractivity contribution is -0.139. The van der Waals surface area contributed by atoms with E-state index in [9.17, 15) is 9.00 Å². The molecule has 4 nitrogen and oxygen atoms in total. The molecule has 1 aromatic rings. The normalized spacial score (nSPS) is 32.1. The number of aliphatic carboxylic acids is 1. The fourth-order valence-corrected chi connectivity index (χ4v) is 3.91. The van der Waals surface area contributed by atoms with Crippen LogP contribution in [-0.4, -0.2) is 32.3 Å². The fourth-order valence-electron chi connectivity index (χ4n) is 2.08. The topological polar surface area (TPSA) is 66.4 Å². The summed E-state index contributed by atoms with van der Waals surface area (Å²) in [6, 6.07) is 6.70. The van der Waals surface area contributed by atoms with Crippen molar-refractivity contribution in [2.75, 3.05) is 5.75 Å². The van der Waals surface area contributed by atoms with Crippen LogP contribution >= 0.6 is 15.9 Å². The molecule has 1 aromatic carbocycles. The van der Waals surface area contributed by atoms with Crippen molar-refractivity contribution in [3.05, 3.63) is 34.3 Å². The zero-order valence-corrected chi connectivity index (χ0v) is 12.2. The van der Waals surface area contributed by atoms with Gasteiger partial charge < -0.3 is 5.11 Å². The van der Waals surface area contributed by atoms with Gasteiger partial charge in [-0.05, 0) is 24.6 Å². The molecule has 0 saturated carbocycles. The smallest absolute Gasteiger partial charge is 0.321 e. The molecule has 1 saturated heterocycles. The van der Waals surface area contributed by atoms with Gasteiger partial charge in [0, 0.05) is 27.1 Å². The van der Waals surface area contributed by atoms with Crippen molar-refractivity contribution in [1.82, 2.24) is 5.32 Å². The van der Waals surface area contributed by atoms with Crippen molar-refractivity contribution in [1.29, 1.82) is 0 Å². The van der Waals surface area contributed by atoms with Crippen LogP contribution in [0.5, 0.6) is 0 Å². The van der Waals surface area contributed by atoms with Gasteiger partial charge in [-0.2, -0.15) is 0 Å². The molecule has 0 aliphatic carbocycles. The van der Waals surface area contributed by atoms with E-state index in [2.05, 4.69) is 21.2 Å². The molecular formula is C12H14BrNO3S. The van der Waals surface area contributed by atoms with Crippen LogP contribution in [0.15, 0.2) is 28.7 Å². The number of hydrogen-bond donors (Lipinski definition) is 2. The second-order valence-corrected chi connectivity index (χ2v) is 7.10. The zero-order valence-electron chi connectivity index (χ0n) is 9.80. The summed E-state index contributed by atoms with van der Waals surface area (Å²) in [5.41, 5.74) is 0.955. The summed E-state index contributed by atoms with van der Waals surface area (Å²) < 4.78 is 12.9. The predicted molar refractivity (Wildman–Crippen MR) is 73.9 cm³/mol. The Kier molecular flexibility index (Phi) is 4.19. The van der Waals surface area contributed by atoms with Crippen LogP contribution in [0.2, 0.25) is 0 Å². The number of carboxylic acids is 1. The zero-order chi connectivity index (χ0) is 13.3. The summed E-state index contributed by atoms with van der Waals surface area (Å²) in [5, 5.41) is 12.0. The number of hydrogen-bond acceptors (Lipinski definition) is 3. The van der Waals surface area contributed by atoms with Gasteiger partial charge in [0.2, 0.25) is 0 Å². The van der Waals surface area contributed by atoms with Crippen molar-refractivity contribution < 1.29 is 14.1 Å². The second-order valence-electron chi connectivity index (χ2n) is 4.34. The van der Waals surface area contributed by atoms with Crippen molar-refractivity contribution in [3.63, 3.8) is 0 Å². The minimum Gasteiger partial charge on any atom is -0.480 e. The van der Waals surface area contributed by atoms with Gasteiger partial charge in [-0.15, -0.1) is 0 Å². The van der Waals surface area contributed by atoms with E-state index in [-0.39, 0.29) is 17.0 Å². The van der Waals surface area contributed by atoms with Crippen LogP contribution in [0.1, 0.15) is 18.5 Å². The molecule has 2 N–H and O–H groups in total. The van der Waals surface area contributed by atoms with Gasteiger partial charge in [-0.3, -0.25) is 14.3 Å². The Labute approximate surface area is 116 Å². The first-order valence-electron chi connectivity index (χ1n) is 5.60. The molecule has 98 valence electrons. The first-order valence-corrected chi connectivity index (χ1v) is 7.78. The summed E-state index contributed by atoms with van der Waals surface area (Å²) in [6.07, 6.45) is 0. The Morgan fingerprint density at radius 2 is 2.28 bits per heavy atom. The van der Waals surface area contributed by atoms with Crippen molar-refractivity contribution >= 4 is 32.7 Å². The lowest BCUT2D eigenvalue weighted by Crippen LogP contribution is -2.52. The van der Waals surface area contributed by atoms with E-state index < -0.39 is 22.8 Å². The van der Waals surface area contributed by atoms with Crippen LogP contribution in [0.3, 0.4) is 0 Å². The molecule has 2 rings (SSSR count). The van der Waals surface area contributed by atoms with E-state index in [0.29, 0.717) is 0 Å². The molecule has 4 unspecified atom stereocenters. The van der Waals surface area contributed by atoms with Gasteiger partial charge in [0.1, 0.15) is 6.04 Å². The summed E-state index contributed by atoms with van der Waals surface area (Å²) >= 11 is 3.39. The third-order valence-electron chi connectivity index (χ3n) is 3.10. The number of halogens is 1. The quantitative estimate of drug-likeness (QED) is 0.865. The summed E-state index contributed by atoms with van der Waals surface area (Å²) in [6.45, 7) is 1.88. The Morgan fingerprint density at radius 1 is 1.56 bits per heavy atom. The fraction of sp³-hybridized carbons (Fsp3) is 0.417. The molecular weight excluding hydrogens is 318 g/mol. The van der Waals surface area contributed by atoms with Crippen LogP contribution < -0.4 is 5.32 Å². The first kappa shape index (κ1) is 13.7. The Hall–Kier alpha value is -0.720. The van der Waals surface area contributed by atoms with E-state index in [4.69, 9.17) is 5.11 Å². The maximum atomic E-state index is 12.0. The minimum atomic E-state index is -1.13. The number of carbonyl (C=O) groups is 1. The number of rotatable bonds is 2. The number of carboxylic acid groups (broad SMARTS) is 1. The molecule has 0 aromatic heterocycles. The molecule has 0 spiro atoms. The Bertz CT molecular complexity index is 494. The predicted octanol–water partition coefficient (Wildman–Crippen LogP) is 1.68. The third-order valence-corrected chi connectivity index (χ3v) is 5.36. The Balaban J connectivity index is 2.30. The summed E-state index contributed by atoms with van der Waals surface area (Å²) in [7, 11) is -1.13. The average Bonchev–Trinajstić information content (AvgIpc) is 2.32. The van der Waals surface area contributed by atoms with Crippen molar-refractivity contribution in [3.8, 4) is 0 Å². The van der Waals surface area contributed by atoms with Crippen molar-refractivity contribution in [2.24, 2.45) is 0 Å². The van der Waals surface area contributed by atoms with Gasteiger partial charge in [-0.25, -0.2) is 0 Å². The highest BCUT2D eigenvalue weighted by molar-refractivity contribution is 9.10. The monoisotopic (exact) mass is 331 g/mol. The summed E-state index contributed by atoms with van der Waals surface area (Å²) in [5.74, 6) is -0.781. The molecule has 1 heterocycles. The molecule has 1 aliphatic heterocycles. The van der Waals surface area contributed by atoms with Gasteiger partial charge in [0.15, 0.2) is 0 Å². The van der Waals surface area contributed by atoms with Crippen LogP contribution in [0.4, 0.5) is 0 Å². The molecule has 4 atom stereocenters. The molecule has 18 heavy (non-hydrogen) atoms. The van der Waals surface area contributed by atoms with Gasteiger partial charge >= 0.3 is 5.97 Å². The van der Waals surface area contributed by atoms with E-state index in [1.807, 2.05) is 31.2 Å². The van der Waals surface area contributed by atoms with E-state index in [1.54, 1.807) is 0 Å². The molecule has 0 radical (unpaired) electrons. The van der Waals surface area contributed by atoms with Crippen LogP contribution in [-0.2, 0) is 15.6 Å². The number of nitrogens with one attached hydrogen (secondary N) is 1. The average molecular weight is 332 g/mol. The number of benzene rings is 1. The molecule has 0 bridgehead atoms. The van der Waals surface area contributed by atoms with Crippen LogP contribution in [0, 0.1) is 0 Å². The Morgan fingerprint density at radius 3 is 2.89 bits per heavy atom.